The van der Waals surface area contributed by atoms with Gasteiger partial charge in [0.25, 0.3) is 0 Å². The summed E-state index contributed by atoms with van der Waals surface area (Å²) in [5, 5.41) is 3.11. The van der Waals surface area contributed by atoms with Crippen molar-refractivity contribution in [2.24, 2.45) is 11.8 Å². The lowest BCUT2D eigenvalue weighted by Gasteiger charge is -2.31. The zero-order chi connectivity index (χ0) is 18.4. The Morgan fingerprint density at radius 3 is 2.44 bits per heavy atom. The summed E-state index contributed by atoms with van der Waals surface area (Å²) < 4.78 is 26.0. The van der Waals surface area contributed by atoms with Crippen LogP contribution in [0.1, 0.15) is 43.7 Å². The minimum atomic E-state index is -3.56. The van der Waals surface area contributed by atoms with Gasteiger partial charge < -0.3 is 5.32 Å². The third-order valence-electron chi connectivity index (χ3n) is 5.90. The maximum Gasteiger partial charge on any atom is 0.243 e. The average Bonchev–Trinajstić information content (AvgIpc) is 3.12. The van der Waals surface area contributed by atoms with Crippen molar-refractivity contribution >= 4 is 21.6 Å². The van der Waals surface area contributed by atoms with Gasteiger partial charge in [-0.15, -0.1) is 0 Å². The predicted octanol–water partition coefficient (Wildman–Crippen LogP) is 2.76. The summed E-state index contributed by atoms with van der Waals surface area (Å²) in [7, 11) is -3.56. The van der Waals surface area contributed by atoms with Crippen LogP contribution in [0.5, 0.6) is 0 Å². The Morgan fingerprint density at radius 1 is 1.20 bits per heavy atom. The summed E-state index contributed by atoms with van der Waals surface area (Å²) in [6.45, 7) is 5.59. The highest BCUT2D eigenvalue weighted by Gasteiger charge is 2.41. The van der Waals surface area contributed by atoms with Crippen molar-refractivity contribution in [1.82, 2.24) is 5.32 Å². The third-order valence-corrected chi connectivity index (χ3v) is 7.14. The van der Waals surface area contributed by atoms with E-state index in [0.29, 0.717) is 11.6 Å². The second-order valence-electron chi connectivity index (χ2n) is 7.79. The van der Waals surface area contributed by atoms with E-state index in [-0.39, 0.29) is 11.9 Å². The second kappa shape index (κ2) is 6.63. The van der Waals surface area contributed by atoms with Crippen molar-refractivity contribution in [3.8, 4) is 0 Å². The third kappa shape index (κ3) is 3.68. The van der Waals surface area contributed by atoms with Gasteiger partial charge in [-0.25, -0.2) is 8.42 Å². The summed E-state index contributed by atoms with van der Waals surface area (Å²) in [6, 6.07) is 4.93. The smallest absolute Gasteiger partial charge is 0.243 e. The Bertz CT molecular complexity index is 775. The molecule has 0 spiro atoms. The second-order valence-corrected chi connectivity index (χ2v) is 9.65. The van der Waals surface area contributed by atoms with Gasteiger partial charge in [0.15, 0.2) is 0 Å². The number of hydrogen-bond donors (Lipinski definition) is 1. The van der Waals surface area contributed by atoms with E-state index < -0.39 is 16.1 Å². The zero-order valence-electron chi connectivity index (χ0n) is 15.5. The first-order chi connectivity index (χ1) is 11.7. The first-order valence-electron chi connectivity index (χ1n) is 9.04. The minimum Gasteiger partial charge on any atom is -0.351 e. The van der Waals surface area contributed by atoms with Crippen molar-refractivity contribution in [3.05, 3.63) is 29.3 Å². The fourth-order valence-corrected chi connectivity index (χ4v) is 5.56. The lowest BCUT2D eigenvalue weighted by molar-refractivity contribution is -0.122. The molecule has 0 aliphatic heterocycles. The Kier molecular flexibility index (Phi) is 4.84. The molecule has 6 heteroatoms. The quantitative estimate of drug-likeness (QED) is 0.874. The SMILES string of the molecule is Cc1ccc(N([C@H](C)C(=O)N[C@@H]2C[C@H]3CC[C@H]2C3)S(C)(=O)=O)cc1C. The normalized spacial score (nSPS) is 26.5. The fraction of sp³-hybridized carbons (Fsp3) is 0.632. The van der Waals surface area contributed by atoms with E-state index in [4.69, 9.17) is 0 Å². The number of hydrogen-bond acceptors (Lipinski definition) is 3. The maximum absolute atomic E-state index is 12.8. The highest BCUT2D eigenvalue weighted by molar-refractivity contribution is 7.92. The molecular weight excluding hydrogens is 336 g/mol. The van der Waals surface area contributed by atoms with Crippen LogP contribution in [0.4, 0.5) is 5.69 Å². The topological polar surface area (TPSA) is 66.5 Å². The Morgan fingerprint density at radius 2 is 1.92 bits per heavy atom. The van der Waals surface area contributed by atoms with Crippen molar-refractivity contribution in [2.45, 2.75) is 58.5 Å². The molecule has 4 atom stereocenters. The monoisotopic (exact) mass is 364 g/mol. The molecule has 2 aliphatic rings. The first kappa shape index (κ1) is 18.2. The van der Waals surface area contributed by atoms with Crippen LogP contribution in [0.3, 0.4) is 0 Å². The minimum absolute atomic E-state index is 0.204. The molecule has 138 valence electrons. The zero-order valence-corrected chi connectivity index (χ0v) is 16.3. The molecule has 1 amide bonds. The highest BCUT2D eigenvalue weighted by Crippen LogP contribution is 2.44. The molecule has 2 fully saturated rings. The van der Waals surface area contributed by atoms with Crippen LogP contribution in [0.15, 0.2) is 18.2 Å². The van der Waals surface area contributed by atoms with E-state index >= 15 is 0 Å². The molecule has 2 bridgehead atoms. The first-order valence-corrected chi connectivity index (χ1v) is 10.9. The van der Waals surface area contributed by atoms with Crippen molar-refractivity contribution < 1.29 is 13.2 Å². The predicted molar refractivity (Wildman–Crippen MR) is 100 cm³/mol. The molecule has 0 radical (unpaired) electrons. The van der Waals surface area contributed by atoms with Crippen LogP contribution in [0.25, 0.3) is 0 Å². The van der Waals surface area contributed by atoms with Crippen LogP contribution in [0.2, 0.25) is 0 Å². The molecule has 0 aromatic heterocycles. The summed E-state index contributed by atoms with van der Waals surface area (Å²) in [5.41, 5.74) is 2.64. The molecule has 1 N–H and O–H groups in total. The summed E-state index contributed by atoms with van der Waals surface area (Å²) >= 11 is 0. The maximum atomic E-state index is 12.8. The van der Waals surface area contributed by atoms with Crippen LogP contribution in [-0.4, -0.2) is 32.7 Å². The number of carbonyl (C=O) groups is 1. The van der Waals surface area contributed by atoms with E-state index in [1.54, 1.807) is 13.0 Å². The number of anilines is 1. The number of benzene rings is 1. The average molecular weight is 365 g/mol. The van der Waals surface area contributed by atoms with Crippen LogP contribution in [0, 0.1) is 25.7 Å². The largest absolute Gasteiger partial charge is 0.351 e. The number of nitrogens with zero attached hydrogens (tertiary/aromatic N) is 1. The van der Waals surface area contributed by atoms with Gasteiger partial charge in [0.2, 0.25) is 15.9 Å². The van der Waals surface area contributed by atoms with Gasteiger partial charge in [0, 0.05) is 6.04 Å². The molecular formula is C19H28N2O3S. The van der Waals surface area contributed by atoms with E-state index in [1.807, 2.05) is 26.0 Å². The highest BCUT2D eigenvalue weighted by atomic mass is 32.2. The van der Waals surface area contributed by atoms with Gasteiger partial charge in [-0.2, -0.15) is 0 Å². The van der Waals surface area contributed by atoms with Gasteiger partial charge in [0.1, 0.15) is 6.04 Å². The van der Waals surface area contributed by atoms with E-state index in [9.17, 15) is 13.2 Å². The number of aryl methyl sites for hydroxylation is 2. The summed E-state index contributed by atoms with van der Waals surface area (Å²) in [5.74, 6) is 1.09. The van der Waals surface area contributed by atoms with Gasteiger partial charge in [-0.3, -0.25) is 9.10 Å². The Labute approximate surface area is 150 Å². The van der Waals surface area contributed by atoms with Crippen LogP contribution in [-0.2, 0) is 14.8 Å². The molecule has 3 rings (SSSR count). The molecule has 0 unspecified atom stereocenters. The molecule has 2 saturated carbocycles. The molecule has 1 aromatic rings. The number of carbonyl (C=O) groups excluding carboxylic acids is 1. The molecule has 0 heterocycles. The van der Waals surface area contributed by atoms with Crippen molar-refractivity contribution in [2.75, 3.05) is 10.6 Å². The van der Waals surface area contributed by atoms with Crippen LogP contribution < -0.4 is 9.62 Å². The van der Waals surface area contributed by atoms with Gasteiger partial charge >= 0.3 is 0 Å². The number of fused-ring (bicyclic) bond motifs is 2. The van der Waals surface area contributed by atoms with E-state index in [1.165, 1.54) is 23.6 Å². The lowest BCUT2D eigenvalue weighted by Crippen LogP contribution is -2.51. The van der Waals surface area contributed by atoms with E-state index in [0.717, 1.165) is 29.7 Å². The molecule has 2 aliphatic carbocycles. The van der Waals surface area contributed by atoms with Gasteiger partial charge in [0.05, 0.1) is 11.9 Å². The number of rotatable bonds is 5. The summed E-state index contributed by atoms with van der Waals surface area (Å²) in [4.78, 5) is 12.8. The number of sulfonamides is 1. The fourth-order valence-electron chi connectivity index (χ4n) is 4.40. The Balaban J connectivity index is 1.80. The van der Waals surface area contributed by atoms with E-state index in [2.05, 4.69) is 5.32 Å². The van der Waals surface area contributed by atoms with Gasteiger partial charge in [-0.1, -0.05) is 12.5 Å². The van der Waals surface area contributed by atoms with Crippen molar-refractivity contribution in [3.63, 3.8) is 0 Å². The van der Waals surface area contributed by atoms with Crippen LogP contribution >= 0.6 is 0 Å². The van der Waals surface area contributed by atoms with Crippen molar-refractivity contribution in [1.29, 1.82) is 0 Å². The lowest BCUT2D eigenvalue weighted by atomic mass is 9.95. The van der Waals surface area contributed by atoms with Gasteiger partial charge in [-0.05, 0) is 75.1 Å². The Hall–Kier alpha value is -1.56. The number of amides is 1. The number of nitrogens with one attached hydrogen (secondary N) is 1. The summed E-state index contributed by atoms with van der Waals surface area (Å²) in [6.07, 6.45) is 5.84. The molecule has 25 heavy (non-hydrogen) atoms. The molecule has 5 nitrogen and oxygen atoms in total. The molecule has 1 aromatic carbocycles. The standard InChI is InChI=1S/C19H28N2O3S/c1-12-5-8-17(9-13(12)2)21(25(4,23)24)14(3)19(22)20-18-11-15-6-7-16(18)10-15/h5,8-9,14-16,18H,6-7,10-11H2,1-4H3,(H,20,22)/t14-,15+,16+,18-/m1/s1. The molecule has 0 saturated heterocycles.